The lowest BCUT2D eigenvalue weighted by atomic mass is 9.79. The van der Waals surface area contributed by atoms with Crippen molar-refractivity contribution < 1.29 is 0 Å². The summed E-state index contributed by atoms with van der Waals surface area (Å²) in [5, 5.41) is 3.49. The molecule has 0 radical (unpaired) electrons. The van der Waals surface area contributed by atoms with Crippen LogP contribution in [0, 0.1) is 17.8 Å². The Morgan fingerprint density at radius 3 is 2.42 bits per heavy atom. The van der Waals surface area contributed by atoms with Crippen LogP contribution >= 0.6 is 0 Å². The minimum atomic E-state index is 0.737. The maximum Gasteiger partial charge on any atom is 0.00385 e. The molecule has 2 aliphatic rings. The van der Waals surface area contributed by atoms with Crippen LogP contribution in [0.4, 0.5) is 0 Å². The van der Waals surface area contributed by atoms with Gasteiger partial charge in [0.05, 0.1) is 0 Å². The SMILES string of the molecule is CC(CC1CCCN(C(C)C)CC1)C1CCNCC1. The van der Waals surface area contributed by atoms with Crippen LogP contribution in [-0.4, -0.2) is 37.1 Å². The van der Waals surface area contributed by atoms with Crippen LogP contribution < -0.4 is 5.32 Å². The topological polar surface area (TPSA) is 15.3 Å². The smallest absolute Gasteiger partial charge is 0.00385 e. The van der Waals surface area contributed by atoms with Crippen molar-refractivity contribution in [2.24, 2.45) is 17.8 Å². The first-order chi connectivity index (χ1) is 9.16. The number of hydrogen-bond donors (Lipinski definition) is 1. The molecule has 2 heteroatoms. The molecule has 0 aromatic heterocycles. The van der Waals surface area contributed by atoms with Gasteiger partial charge in [-0.1, -0.05) is 6.92 Å². The van der Waals surface area contributed by atoms with E-state index in [2.05, 4.69) is 31.0 Å². The molecule has 2 aliphatic heterocycles. The van der Waals surface area contributed by atoms with Gasteiger partial charge in [0, 0.05) is 6.04 Å². The Kier molecular flexibility index (Phi) is 6.15. The molecule has 112 valence electrons. The molecule has 1 N–H and O–H groups in total. The molecule has 2 rings (SSSR count). The largest absolute Gasteiger partial charge is 0.317 e. The third kappa shape index (κ3) is 4.75. The lowest BCUT2D eigenvalue weighted by molar-refractivity contribution is 0.210. The van der Waals surface area contributed by atoms with Crippen LogP contribution in [0.3, 0.4) is 0 Å². The Hall–Kier alpha value is -0.0800. The number of nitrogens with zero attached hydrogens (tertiary/aromatic N) is 1. The maximum atomic E-state index is 3.49. The Morgan fingerprint density at radius 2 is 1.74 bits per heavy atom. The van der Waals surface area contributed by atoms with E-state index in [1.54, 1.807) is 0 Å². The molecule has 0 spiro atoms. The van der Waals surface area contributed by atoms with Gasteiger partial charge >= 0.3 is 0 Å². The van der Waals surface area contributed by atoms with Gasteiger partial charge in [0.2, 0.25) is 0 Å². The van der Waals surface area contributed by atoms with Crippen LogP contribution in [0.25, 0.3) is 0 Å². The molecule has 2 saturated heterocycles. The van der Waals surface area contributed by atoms with E-state index in [9.17, 15) is 0 Å². The van der Waals surface area contributed by atoms with Gasteiger partial charge in [-0.15, -0.1) is 0 Å². The fraction of sp³-hybridized carbons (Fsp3) is 1.00. The quantitative estimate of drug-likeness (QED) is 0.837. The standard InChI is InChI=1S/C17H34N2/c1-14(2)19-11-4-5-16(8-12-19)13-15(3)17-6-9-18-10-7-17/h14-18H,4-13H2,1-3H3. The van der Waals surface area contributed by atoms with E-state index in [4.69, 9.17) is 0 Å². The number of likely N-dealkylation sites (tertiary alicyclic amines) is 1. The van der Waals surface area contributed by atoms with Crippen molar-refractivity contribution in [1.29, 1.82) is 0 Å². The zero-order chi connectivity index (χ0) is 13.7. The molecule has 2 nitrogen and oxygen atoms in total. The molecule has 2 unspecified atom stereocenters. The van der Waals surface area contributed by atoms with Crippen molar-refractivity contribution in [3.05, 3.63) is 0 Å². The predicted molar refractivity (Wildman–Crippen MR) is 83.4 cm³/mol. The number of nitrogens with one attached hydrogen (secondary N) is 1. The average Bonchev–Trinajstić information content (AvgIpc) is 2.65. The molecule has 0 saturated carbocycles. The van der Waals surface area contributed by atoms with E-state index in [0.717, 1.165) is 23.8 Å². The highest BCUT2D eigenvalue weighted by Crippen LogP contribution is 2.31. The third-order valence-corrected chi connectivity index (χ3v) is 5.51. The minimum absolute atomic E-state index is 0.737. The Balaban J connectivity index is 1.75. The summed E-state index contributed by atoms with van der Waals surface area (Å²) in [4.78, 5) is 2.68. The van der Waals surface area contributed by atoms with Crippen molar-refractivity contribution in [2.45, 2.75) is 65.3 Å². The van der Waals surface area contributed by atoms with Crippen LogP contribution in [0.2, 0.25) is 0 Å². The molecular weight excluding hydrogens is 232 g/mol. The second kappa shape index (κ2) is 7.64. The molecule has 0 aromatic carbocycles. The number of piperidine rings is 1. The van der Waals surface area contributed by atoms with Gasteiger partial charge in [-0.25, -0.2) is 0 Å². The van der Waals surface area contributed by atoms with Gasteiger partial charge in [-0.3, -0.25) is 0 Å². The Labute approximate surface area is 120 Å². The zero-order valence-corrected chi connectivity index (χ0v) is 13.3. The lowest BCUT2D eigenvalue weighted by Gasteiger charge is -2.30. The van der Waals surface area contributed by atoms with E-state index >= 15 is 0 Å². The van der Waals surface area contributed by atoms with Gasteiger partial charge in [-0.05, 0) is 96.3 Å². The number of hydrogen-bond acceptors (Lipinski definition) is 2. The van der Waals surface area contributed by atoms with Crippen LogP contribution in [-0.2, 0) is 0 Å². The van der Waals surface area contributed by atoms with Gasteiger partial charge in [0.25, 0.3) is 0 Å². The maximum absolute atomic E-state index is 3.49. The highest BCUT2D eigenvalue weighted by molar-refractivity contribution is 4.78. The summed E-state index contributed by atoms with van der Waals surface area (Å²) in [5.74, 6) is 2.93. The summed E-state index contributed by atoms with van der Waals surface area (Å²) in [5.41, 5.74) is 0. The molecule has 19 heavy (non-hydrogen) atoms. The first-order valence-electron chi connectivity index (χ1n) is 8.61. The van der Waals surface area contributed by atoms with Gasteiger partial charge in [0.15, 0.2) is 0 Å². The lowest BCUT2D eigenvalue weighted by Crippen LogP contribution is -2.32. The molecule has 2 fully saturated rings. The minimum Gasteiger partial charge on any atom is -0.317 e. The Bertz CT molecular complexity index is 246. The predicted octanol–water partition coefficient (Wildman–Crippen LogP) is 3.52. The second-order valence-electron chi connectivity index (χ2n) is 7.23. The molecule has 0 bridgehead atoms. The van der Waals surface area contributed by atoms with Crippen LogP contribution in [0.1, 0.15) is 59.3 Å². The fourth-order valence-corrected chi connectivity index (χ4v) is 4.07. The highest BCUT2D eigenvalue weighted by atomic mass is 15.1. The van der Waals surface area contributed by atoms with E-state index < -0.39 is 0 Å². The summed E-state index contributed by atoms with van der Waals surface area (Å²) < 4.78 is 0. The third-order valence-electron chi connectivity index (χ3n) is 5.51. The van der Waals surface area contributed by atoms with E-state index in [1.807, 2.05) is 0 Å². The fourth-order valence-electron chi connectivity index (χ4n) is 4.07. The van der Waals surface area contributed by atoms with E-state index in [0.29, 0.717) is 0 Å². The van der Waals surface area contributed by atoms with Gasteiger partial charge in [0.1, 0.15) is 0 Å². The van der Waals surface area contributed by atoms with Crippen LogP contribution in [0.15, 0.2) is 0 Å². The Morgan fingerprint density at radius 1 is 1.00 bits per heavy atom. The normalized spacial score (nSPS) is 29.4. The van der Waals surface area contributed by atoms with Crippen LogP contribution in [0.5, 0.6) is 0 Å². The van der Waals surface area contributed by atoms with Crippen molar-refractivity contribution >= 4 is 0 Å². The summed E-state index contributed by atoms with van der Waals surface area (Å²) in [6.45, 7) is 12.4. The van der Waals surface area contributed by atoms with Crippen molar-refractivity contribution in [3.8, 4) is 0 Å². The summed E-state index contributed by atoms with van der Waals surface area (Å²) in [6.07, 6.45) is 8.63. The highest BCUT2D eigenvalue weighted by Gasteiger charge is 2.25. The van der Waals surface area contributed by atoms with E-state index in [1.165, 1.54) is 64.7 Å². The molecule has 2 atom stereocenters. The van der Waals surface area contributed by atoms with E-state index in [-0.39, 0.29) is 0 Å². The van der Waals surface area contributed by atoms with Gasteiger partial charge < -0.3 is 10.2 Å². The molecule has 0 aromatic rings. The van der Waals surface area contributed by atoms with Gasteiger partial charge in [-0.2, -0.15) is 0 Å². The summed E-state index contributed by atoms with van der Waals surface area (Å²) >= 11 is 0. The zero-order valence-electron chi connectivity index (χ0n) is 13.3. The summed E-state index contributed by atoms with van der Waals surface area (Å²) in [6, 6.07) is 0.737. The van der Waals surface area contributed by atoms with Crippen molar-refractivity contribution in [3.63, 3.8) is 0 Å². The number of rotatable bonds is 4. The average molecular weight is 266 g/mol. The van der Waals surface area contributed by atoms with Crippen molar-refractivity contribution in [1.82, 2.24) is 10.2 Å². The molecule has 2 heterocycles. The van der Waals surface area contributed by atoms with Crippen molar-refractivity contribution in [2.75, 3.05) is 26.2 Å². The first-order valence-corrected chi connectivity index (χ1v) is 8.61. The second-order valence-corrected chi connectivity index (χ2v) is 7.23. The monoisotopic (exact) mass is 266 g/mol. The first kappa shape index (κ1) is 15.3. The summed E-state index contributed by atoms with van der Waals surface area (Å²) in [7, 11) is 0. The molecule has 0 amide bonds. The molecule has 0 aliphatic carbocycles. The molecular formula is C17H34N2.